The van der Waals surface area contributed by atoms with E-state index in [-0.39, 0.29) is 17.4 Å². The van der Waals surface area contributed by atoms with Crippen LogP contribution in [0.1, 0.15) is 21.6 Å². The summed E-state index contributed by atoms with van der Waals surface area (Å²) in [5.41, 5.74) is 1.86. The zero-order valence-corrected chi connectivity index (χ0v) is 20.3. The number of aliphatic hydroxyl groups is 1. The van der Waals surface area contributed by atoms with E-state index in [1.54, 1.807) is 17.0 Å². The number of aryl methyl sites for hydroxylation is 1. The predicted octanol–water partition coefficient (Wildman–Crippen LogP) is 5.71. The Labute approximate surface area is 211 Å². The number of aromatic amines is 1. The van der Waals surface area contributed by atoms with E-state index in [1.165, 1.54) is 18.1 Å². The monoisotopic (exact) mass is 503 g/mol. The molecule has 1 aliphatic heterocycles. The van der Waals surface area contributed by atoms with E-state index in [2.05, 4.69) is 15.3 Å². The number of H-pyrrole nitrogens is 1. The van der Waals surface area contributed by atoms with Crippen molar-refractivity contribution >= 4 is 51.6 Å². The second kappa shape index (κ2) is 9.58. The third kappa shape index (κ3) is 4.55. The first-order valence-corrected chi connectivity index (χ1v) is 12.3. The Morgan fingerprint density at radius 1 is 1.11 bits per heavy atom. The number of para-hydroxylation sites is 1. The molecule has 35 heavy (non-hydrogen) atoms. The molecule has 9 heteroatoms. The zero-order chi connectivity index (χ0) is 24.4. The topological polar surface area (TPSA) is 93.6 Å². The Morgan fingerprint density at radius 3 is 2.57 bits per heavy atom. The van der Waals surface area contributed by atoms with Gasteiger partial charge in [-0.3, -0.25) is 9.69 Å². The summed E-state index contributed by atoms with van der Waals surface area (Å²) >= 11 is 7.85. The van der Waals surface area contributed by atoms with E-state index >= 15 is 0 Å². The van der Waals surface area contributed by atoms with Crippen molar-refractivity contribution in [2.45, 2.75) is 12.6 Å². The van der Waals surface area contributed by atoms with Crippen molar-refractivity contribution in [3.8, 4) is 0 Å². The molecular formula is C26H22ClN5O2S. The van der Waals surface area contributed by atoms with Gasteiger partial charge in [-0.1, -0.05) is 77.5 Å². The minimum Gasteiger partial charge on any atom is -0.366 e. The first-order valence-electron chi connectivity index (χ1n) is 10.9. The smallest absolute Gasteiger partial charge is 0.276 e. The standard InChI is InChI=1S/C26H22ClN5O2S/c1-17-11-13-18(14-12-17)30-24(33)22-23(29-16-28-22)31-25-32(19-7-3-2-4-8-19)26(34,15-35-25)20-9-5-6-10-21(20)27/h2-14,16,34H,15H2,1H3,(H,28,29)(H,30,33)/t26-/m0/s1. The number of benzene rings is 3. The number of carbonyl (C=O) groups is 1. The molecule has 0 radical (unpaired) electrons. The molecule has 0 spiro atoms. The Morgan fingerprint density at radius 2 is 1.83 bits per heavy atom. The van der Waals surface area contributed by atoms with Gasteiger partial charge in [0.05, 0.1) is 12.1 Å². The number of halogens is 1. The molecule has 0 unspecified atom stereocenters. The number of rotatable bonds is 5. The first-order chi connectivity index (χ1) is 17.0. The predicted molar refractivity (Wildman–Crippen MR) is 142 cm³/mol. The lowest BCUT2D eigenvalue weighted by Crippen LogP contribution is -2.45. The molecular weight excluding hydrogens is 482 g/mol. The molecule has 7 nitrogen and oxygen atoms in total. The number of amides is 1. The number of thioether (sulfide) groups is 1. The average molecular weight is 504 g/mol. The summed E-state index contributed by atoms with van der Waals surface area (Å²) in [6.45, 7) is 1.98. The SMILES string of the molecule is Cc1ccc(NC(=O)c2[nH]cnc2N=C2SC[C@](O)(c3ccccc3Cl)N2c2ccccc2)cc1. The summed E-state index contributed by atoms with van der Waals surface area (Å²) in [6, 6.07) is 24.2. The lowest BCUT2D eigenvalue weighted by molar-refractivity contribution is 0.0769. The maximum atomic E-state index is 13.0. The number of anilines is 2. The zero-order valence-electron chi connectivity index (χ0n) is 18.8. The van der Waals surface area contributed by atoms with E-state index in [9.17, 15) is 9.90 Å². The summed E-state index contributed by atoms with van der Waals surface area (Å²) in [5, 5.41) is 15.7. The minimum absolute atomic E-state index is 0.222. The summed E-state index contributed by atoms with van der Waals surface area (Å²) in [4.78, 5) is 26.6. The molecule has 176 valence electrons. The highest BCUT2D eigenvalue weighted by Gasteiger charge is 2.47. The number of hydrogen-bond donors (Lipinski definition) is 3. The summed E-state index contributed by atoms with van der Waals surface area (Å²) in [7, 11) is 0. The number of nitrogens with one attached hydrogen (secondary N) is 2. The quantitative estimate of drug-likeness (QED) is 0.324. The van der Waals surface area contributed by atoms with Crippen molar-refractivity contribution in [1.82, 2.24) is 9.97 Å². The number of aromatic nitrogens is 2. The third-order valence-electron chi connectivity index (χ3n) is 5.64. The molecule has 1 aliphatic rings. The highest BCUT2D eigenvalue weighted by Crippen LogP contribution is 2.45. The fourth-order valence-corrected chi connectivity index (χ4v) is 5.32. The van der Waals surface area contributed by atoms with E-state index in [4.69, 9.17) is 16.6 Å². The summed E-state index contributed by atoms with van der Waals surface area (Å²) in [5.74, 6) is 0.155. The van der Waals surface area contributed by atoms with Crippen LogP contribution in [0, 0.1) is 6.92 Å². The largest absolute Gasteiger partial charge is 0.366 e. The lowest BCUT2D eigenvalue weighted by Gasteiger charge is -2.35. The second-order valence-corrected chi connectivity index (χ2v) is 9.42. The van der Waals surface area contributed by atoms with Crippen LogP contribution in [0.5, 0.6) is 0 Å². The van der Waals surface area contributed by atoms with Crippen LogP contribution >= 0.6 is 23.4 Å². The van der Waals surface area contributed by atoms with Gasteiger partial charge in [-0.05, 0) is 37.3 Å². The first kappa shape index (κ1) is 23.2. The van der Waals surface area contributed by atoms with Crippen LogP contribution in [0.4, 0.5) is 17.2 Å². The highest BCUT2D eigenvalue weighted by atomic mass is 35.5. The van der Waals surface area contributed by atoms with Crippen molar-refractivity contribution in [3.63, 3.8) is 0 Å². The average Bonchev–Trinajstić information content (AvgIpc) is 3.46. The van der Waals surface area contributed by atoms with Crippen LogP contribution in [0.15, 0.2) is 90.2 Å². The van der Waals surface area contributed by atoms with Crippen molar-refractivity contribution < 1.29 is 9.90 Å². The fraction of sp³-hybridized carbons (Fsp3) is 0.115. The second-order valence-electron chi connectivity index (χ2n) is 8.07. The highest BCUT2D eigenvalue weighted by molar-refractivity contribution is 8.14. The fourth-order valence-electron chi connectivity index (χ4n) is 3.88. The van der Waals surface area contributed by atoms with Gasteiger partial charge in [0.1, 0.15) is 0 Å². The molecule has 0 saturated carbocycles. The van der Waals surface area contributed by atoms with Gasteiger partial charge in [0.2, 0.25) is 0 Å². The molecule has 0 aliphatic carbocycles. The Hall–Kier alpha value is -3.59. The van der Waals surface area contributed by atoms with Gasteiger partial charge < -0.3 is 15.4 Å². The summed E-state index contributed by atoms with van der Waals surface area (Å²) in [6.07, 6.45) is 1.43. The lowest BCUT2D eigenvalue weighted by atomic mass is 10.0. The van der Waals surface area contributed by atoms with Crippen LogP contribution in [0.25, 0.3) is 0 Å². The maximum Gasteiger partial charge on any atom is 0.276 e. The number of hydrogen-bond acceptors (Lipinski definition) is 5. The molecule has 1 fully saturated rings. The molecule has 3 aromatic carbocycles. The van der Waals surface area contributed by atoms with Crippen molar-refractivity contribution in [2.24, 2.45) is 4.99 Å². The van der Waals surface area contributed by atoms with Gasteiger partial charge >= 0.3 is 0 Å². The van der Waals surface area contributed by atoms with Gasteiger partial charge in [-0.2, -0.15) is 0 Å². The number of aliphatic imine (C=N–C) groups is 1. The Balaban J connectivity index is 1.52. The van der Waals surface area contributed by atoms with Crippen LogP contribution in [-0.4, -0.2) is 31.9 Å². The van der Waals surface area contributed by atoms with Gasteiger partial charge in [-0.25, -0.2) is 9.98 Å². The molecule has 2 heterocycles. The molecule has 1 saturated heterocycles. The molecule has 1 atom stereocenters. The van der Waals surface area contributed by atoms with E-state index in [0.29, 0.717) is 27.2 Å². The van der Waals surface area contributed by atoms with Gasteiger partial charge in [0.25, 0.3) is 5.91 Å². The van der Waals surface area contributed by atoms with Crippen LogP contribution in [0.2, 0.25) is 5.02 Å². The van der Waals surface area contributed by atoms with Crippen LogP contribution in [-0.2, 0) is 5.72 Å². The molecule has 4 aromatic rings. The Bertz CT molecular complexity index is 1390. The summed E-state index contributed by atoms with van der Waals surface area (Å²) < 4.78 is 0. The number of imidazole rings is 1. The van der Waals surface area contributed by atoms with Crippen molar-refractivity contribution in [1.29, 1.82) is 0 Å². The van der Waals surface area contributed by atoms with Gasteiger partial charge in [-0.15, -0.1) is 0 Å². The van der Waals surface area contributed by atoms with Crippen LogP contribution in [0.3, 0.4) is 0 Å². The van der Waals surface area contributed by atoms with E-state index < -0.39 is 5.72 Å². The molecule has 1 aromatic heterocycles. The van der Waals surface area contributed by atoms with Crippen molar-refractivity contribution in [3.05, 3.63) is 107 Å². The molecule has 0 bridgehead atoms. The molecule has 1 amide bonds. The van der Waals surface area contributed by atoms with Gasteiger partial charge in [0, 0.05) is 22.0 Å². The van der Waals surface area contributed by atoms with E-state index in [0.717, 1.165) is 11.3 Å². The molecule has 5 rings (SSSR count). The number of nitrogens with zero attached hydrogens (tertiary/aromatic N) is 3. The minimum atomic E-state index is -1.44. The number of carbonyl (C=O) groups excluding carboxylic acids is 1. The van der Waals surface area contributed by atoms with Gasteiger partial charge in [0.15, 0.2) is 22.4 Å². The normalized spacial score (nSPS) is 18.7. The Kier molecular flexibility index (Phi) is 6.34. The van der Waals surface area contributed by atoms with Crippen LogP contribution < -0.4 is 10.2 Å². The third-order valence-corrected chi connectivity index (χ3v) is 7.05. The number of amidine groups is 1. The maximum absolute atomic E-state index is 13.0. The van der Waals surface area contributed by atoms with Crippen molar-refractivity contribution in [2.75, 3.05) is 16.0 Å². The molecule has 3 N–H and O–H groups in total. The van der Waals surface area contributed by atoms with E-state index in [1.807, 2.05) is 73.7 Å².